The van der Waals surface area contributed by atoms with Gasteiger partial charge in [0, 0.05) is 5.56 Å². The van der Waals surface area contributed by atoms with Crippen LogP contribution in [0.25, 0.3) is 0 Å². The smallest absolute Gasteiger partial charge is 0.254 e. The highest BCUT2D eigenvalue weighted by Crippen LogP contribution is 2.36. The normalized spacial score (nSPS) is 16.0. The van der Waals surface area contributed by atoms with E-state index in [1.54, 1.807) is 30.3 Å². The van der Waals surface area contributed by atoms with Crippen molar-refractivity contribution in [2.75, 3.05) is 6.54 Å². The molecule has 0 bridgehead atoms. The summed E-state index contributed by atoms with van der Waals surface area (Å²) in [7, 11) is 0. The van der Waals surface area contributed by atoms with Gasteiger partial charge in [0.15, 0.2) is 0 Å². The molecule has 0 aliphatic heterocycles. The number of primary amides is 1. The zero-order valence-electron chi connectivity index (χ0n) is 12.5. The summed E-state index contributed by atoms with van der Waals surface area (Å²) in [6, 6.07) is 13.0. The molecule has 0 saturated carbocycles. The zero-order chi connectivity index (χ0) is 16.4. The second-order valence-corrected chi connectivity index (χ2v) is 5.66. The zero-order valence-corrected chi connectivity index (χ0v) is 12.5. The summed E-state index contributed by atoms with van der Waals surface area (Å²) >= 11 is 0. The Labute approximate surface area is 133 Å². The number of benzene rings is 2. The van der Waals surface area contributed by atoms with Crippen molar-refractivity contribution in [1.82, 2.24) is 4.90 Å². The van der Waals surface area contributed by atoms with Gasteiger partial charge in [-0.15, -0.1) is 0 Å². The Morgan fingerprint density at radius 2 is 1.91 bits per heavy atom. The number of nitrogens with two attached hydrogens (primary N) is 1. The maximum atomic E-state index is 13.6. The molecule has 118 valence electrons. The van der Waals surface area contributed by atoms with Gasteiger partial charge in [-0.3, -0.25) is 9.59 Å². The van der Waals surface area contributed by atoms with Gasteiger partial charge in [0.2, 0.25) is 5.91 Å². The van der Waals surface area contributed by atoms with Gasteiger partial charge >= 0.3 is 0 Å². The topological polar surface area (TPSA) is 63.4 Å². The molecule has 1 atom stereocenters. The number of hydrogen-bond donors (Lipinski definition) is 1. The second kappa shape index (κ2) is 6.20. The molecule has 2 aromatic carbocycles. The first-order chi connectivity index (χ1) is 11.1. The summed E-state index contributed by atoms with van der Waals surface area (Å²) in [4.78, 5) is 25.7. The van der Waals surface area contributed by atoms with Crippen molar-refractivity contribution in [3.63, 3.8) is 0 Å². The van der Waals surface area contributed by atoms with Crippen LogP contribution in [-0.4, -0.2) is 23.3 Å². The highest BCUT2D eigenvalue weighted by atomic mass is 19.1. The molecule has 0 heterocycles. The molecule has 0 spiro atoms. The first-order valence-corrected chi connectivity index (χ1v) is 7.49. The minimum atomic E-state index is -0.584. The van der Waals surface area contributed by atoms with Gasteiger partial charge in [0.25, 0.3) is 5.91 Å². The summed E-state index contributed by atoms with van der Waals surface area (Å²) in [6.07, 6.45) is 1.41. The molecular formula is C18H17FN2O2. The number of rotatable bonds is 4. The van der Waals surface area contributed by atoms with Crippen LogP contribution in [0, 0.1) is 5.82 Å². The van der Waals surface area contributed by atoms with E-state index in [0.717, 1.165) is 17.5 Å². The SMILES string of the molecule is NC(=O)CN(C(=O)c1ccccc1)C1CCc2ccc(F)cc21. The van der Waals surface area contributed by atoms with Gasteiger partial charge in [-0.2, -0.15) is 0 Å². The molecule has 2 aromatic rings. The summed E-state index contributed by atoms with van der Waals surface area (Å²) in [5.74, 6) is -1.20. The lowest BCUT2D eigenvalue weighted by Gasteiger charge is -2.29. The Bertz CT molecular complexity index is 746. The van der Waals surface area contributed by atoms with Crippen molar-refractivity contribution >= 4 is 11.8 Å². The van der Waals surface area contributed by atoms with Crippen LogP contribution in [0.3, 0.4) is 0 Å². The number of carbonyl (C=O) groups is 2. The minimum absolute atomic E-state index is 0.186. The molecule has 0 saturated heterocycles. The van der Waals surface area contributed by atoms with Crippen LogP contribution in [0.1, 0.15) is 33.9 Å². The molecule has 0 radical (unpaired) electrons. The molecule has 1 aliphatic rings. The number of halogens is 1. The van der Waals surface area contributed by atoms with Crippen molar-refractivity contribution in [1.29, 1.82) is 0 Å². The molecular weight excluding hydrogens is 295 g/mol. The Hall–Kier alpha value is -2.69. The van der Waals surface area contributed by atoms with E-state index in [4.69, 9.17) is 5.73 Å². The summed E-state index contributed by atoms with van der Waals surface area (Å²) in [6.45, 7) is -0.186. The highest BCUT2D eigenvalue weighted by Gasteiger charge is 2.32. The predicted octanol–water partition coefficient (Wildman–Crippen LogP) is 2.44. The van der Waals surface area contributed by atoms with Gasteiger partial charge < -0.3 is 10.6 Å². The van der Waals surface area contributed by atoms with Crippen molar-refractivity contribution < 1.29 is 14.0 Å². The molecule has 23 heavy (non-hydrogen) atoms. The van der Waals surface area contributed by atoms with Gasteiger partial charge in [-0.05, 0) is 48.2 Å². The lowest BCUT2D eigenvalue weighted by atomic mass is 10.0. The maximum Gasteiger partial charge on any atom is 0.254 e. The van der Waals surface area contributed by atoms with Crippen LogP contribution in [0.4, 0.5) is 4.39 Å². The fourth-order valence-electron chi connectivity index (χ4n) is 3.11. The van der Waals surface area contributed by atoms with Gasteiger partial charge in [0.05, 0.1) is 6.04 Å². The fraction of sp³-hybridized carbons (Fsp3) is 0.222. The van der Waals surface area contributed by atoms with Crippen molar-refractivity contribution in [2.24, 2.45) is 5.73 Å². The van der Waals surface area contributed by atoms with Crippen molar-refractivity contribution in [3.8, 4) is 0 Å². The van der Waals surface area contributed by atoms with E-state index in [1.165, 1.54) is 17.0 Å². The summed E-state index contributed by atoms with van der Waals surface area (Å²) in [5.41, 5.74) is 7.57. The van der Waals surface area contributed by atoms with E-state index in [9.17, 15) is 14.0 Å². The number of carbonyl (C=O) groups excluding carboxylic acids is 2. The first kappa shape index (κ1) is 15.2. The molecule has 0 aromatic heterocycles. The number of amides is 2. The van der Waals surface area contributed by atoms with Crippen LogP contribution >= 0.6 is 0 Å². The van der Waals surface area contributed by atoms with Gasteiger partial charge in [-0.25, -0.2) is 4.39 Å². The standard InChI is InChI=1S/C18H17FN2O2/c19-14-8-6-12-7-9-16(15(12)10-14)21(11-17(20)22)18(23)13-4-2-1-3-5-13/h1-6,8,10,16H,7,9,11H2,(H2,20,22). The Morgan fingerprint density at radius 1 is 1.17 bits per heavy atom. The average Bonchev–Trinajstić information content (AvgIpc) is 2.95. The summed E-state index contributed by atoms with van der Waals surface area (Å²) < 4.78 is 13.6. The third-order valence-corrected chi connectivity index (χ3v) is 4.14. The highest BCUT2D eigenvalue weighted by molar-refractivity contribution is 5.96. The molecule has 2 N–H and O–H groups in total. The molecule has 3 rings (SSSR count). The van der Waals surface area contributed by atoms with Crippen LogP contribution < -0.4 is 5.73 Å². The van der Waals surface area contributed by atoms with Crippen molar-refractivity contribution in [3.05, 3.63) is 71.0 Å². The second-order valence-electron chi connectivity index (χ2n) is 5.66. The van der Waals surface area contributed by atoms with E-state index in [1.807, 2.05) is 6.07 Å². The van der Waals surface area contributed by atoms with E-state index in [0.29, 0.717) is 12.0 Å². The van der Waals surface area contributed by atoms with E-state index in [2.05, 4.69) is 0 Å². The third-order valence-electron chi connectivity index (χ3n) is 4.14. The van der Waals surface area contributed by atoms with Crippen LogP contribution in [-0.2, 0) is 11.2 Å². The lowest BCUT2D eigenvalue weighted by Crippen LogP contribution is -2.40. The fourth-order valence-corrected chi connectivity index (χ4v) is 3.11. The van der Waals surface area contributed by atoms with E-state index >= 15 is 0 Å². The van der Waals surface area contributed by atoms with Crippen LogP contribution in [0.5, 0.6) is 0 Å². The predicted molar refractivity (Wildman–Crippen MR) is 84.1 cm³/mol. The maximum absolute atomic E-state index is 13.6. The minimum Gasteiger partial charge on any atom is -0.368 e. The van der Waals surface area contributed by atoms with Crippen LogP contribution in [0.2, 0.25) is 0 Å². The van der Waals surface area contributed by atoms with E-state index < -0.39 is 5.91 Å². The molecule has 4 nitrogen and oxygen atoms in total. The van der Waals surface area contributed by atoms with Crippen LogP contribution in [0.15, 0.2) is 48.5 Å². The van der Waals surface area contributed by atoms with Gasteiger partial charge in [-0.1, -0.05) is 24.3 Å². The van der Waals surface area contributed by atoms with Crippen molar-refractivity contribution in [2.45, 2.75) is 18.9 Å². The van der Waals surface area contributed by atoms with E-state index in [-0.39, 0.29) is 24.3 Å². The number of nitrogens with zero attached hydrogens (tertiary/aromatic N) is 1. The molecule has 0 fully saturated rings. The summed E-state index contributed by atoms with van der Waals surface area (Å²) in [5, 5.41) is 0. The largest absolute Gasteiger partial charge is 0.368 e. The monoisotopic (exact) mass is 312 g/mol. The Balaban J connectivity index is 1.97. The third kappa shape index (κ3) is 3.08. The quantitative estimate of drug-likeness (QED) is 0.942. The Kier molecular flexibility index (Phi) is 4.10. The number of hydrogen-bond acceptors (Lipinski definition) is 2. The van der Waals surface area contributed by atoms with Gasteiger partial charge in [0.1, 0.15) is 12.4 Å². The number of aryl methyl sites for hydroxylation is 1. The number of fused-ring (bicyclic) bond motifs is 1. The first-order valence-electron chi connectivity index (χ1n) is 7.49. The molecule has 5 heteroatoms. The molecule has 2 amide bonds. The molecule has 1 aliphatic carbocycles. The lowest BCUT2D eigenvalue weighted by molar-refractivity contribution is -0.119. The molecule has 1 unspecified atom stereocenters. The Morgan fingerprint density at radius 3 is 2.61 bits per heavy atom. The average molecular weight is 312 g/mol.